The molecule has 1 aliphatic carbocycles. The summed E-state index contributed by atoms with van der Waals surface area (Å²) in [6.07, 6.45) is 10.5. The van der Waals surface area contributed by atoms with Crippen LogP contribution < -0.4 is 5.63 Å². The highest BCUT2D eigenvalue weighted by molar-refractivity contribution is 6.06. The summed E-state index contributed by atoms with van der Waals surface area (Å²) in [4.78, 5) is 18.0. The fourth-order valence-electron chi connectivity index (χ4n) is 7.83. The van der Waals surface area contributed by atoms with E-state index >= 15 is 0 Å². The Labute approximate surface area is 206 Å². The highest BCUT2D eigenvalue weighted by Gasteiger charge is 2.45. The number of likely N-dealkylation sites (tertiary alicyclic amines) is 1. The standard InChI is InChI=1S/C30H34N2O3/c1-18-28(33)22(15-25-23-8-2-3-9-24(23)30(34)35-29(18)25)17-32-12-6-7-19-13-20-14-21(27(19)32)16-31-11-5-4-10-26(20)31/h2-3,8-9,13,15,20-21,26-27,33H,4-7,10-12,14,16-17H2,1H3/t20-,21+,26+,27+/m0/s1. The predicted molar refractivity (Wildman–Crippen MR) is 139 cm³/mol. The zero-order valence-corrected chi connectivity index (χ0v) is 20.5. The Morgan fingerprint density at radius 1 is 1.09 bits per heavy atom. The van der Waals surface area contributed by atoms with E-state index in [1.54, 1.807) is 5.57 Å². The Morgan fingerprint density at radius 3 is 2.83 bits per heavy atom. The third kappa shape index (κ3) is 3.39. The second-order valence-corrected chi connectivity index (χ2v) is 11.3. The van der Waals surface area contributed by atoms with Crippen LogP contribution >= 0.6 is 0 Å². The van der Waals surface area contributed by atoms with Gasteiger partial charge in [0.15, 0.2) is 0 Å². The van der Waals surface area contributed by atoms with Gasteiger partial charge in [-0.1, -0.05) is 36.3 Å². The maximum Gasteiger partial charge on any atom is 0.344 e. The monoisotopic (exact) mass is 470 g/mol. The van der Waals surface area contributed by atoms with Crippen molar-refractivity contribution in [2.75, 3.05) is 19.6 Å². The summed E-state index contributed by atoms with van der Waals surface area (Å²) in [5.74, 6) is 1.67. The fraction of sp³-hybridized carbons (Fsp3) is 0.500. The van der Waals surface area contributed by atoms with Crippen LogP contribution in [0.3, 0.4) is 0 Å². The van der Waals surface area contributed by atoms with Gasteiger partial charge in [0, 0.05) is 41.7 Å². The van der Waals surface area contributed by atoms with Gasteiger partial charge in [-0.15, -0.1) is 0 Å². The van der Waals surface area contributed by atoms with Crippen molar-refractivity contribution in [2.24, 2.45) is 11.8 Å². The minimum Gasteiger partial charge on any atom is -0.507 e. The molecule has 0 amide bonds. The molecule has 4 atom stereocenters. The largest absolute Gasteiger partial charge is 0.507 e. The lowest BCUT2D eigenvalue weighted by atomic mass is 9.68. The van der Waals surface area contributed by atoms with E-state index in [1.165, 1.54) is 51.6 Å². The number of hydrogen-bond donors (Lipinski definition) is 1. The summed E-state index contributed by atoms with van der Waals surface area (Å²) in [6.45, 7) is 6.13. The van der Waals surface area contributed by atoms with Gasteiger partial charge in [0.2, 0.25) is 0 Å². The zero-order valence-electron chi connectivity index (χ0n) is 20.5. The molecule has 1 N–H and O–H groups in total. The molecule has 2 aromatic carbocycles. The minimum absolute atomic E-state index is 0.264. The van der Waals surface area contributed by atoms with E-state index in [9.17, 15) is 9.90 Å². The van der Waals surface area contributed by atoms with Crippen LogP contribution in [-0.2, 0) is 6.54 Å². The van der Waals surface area contributed by atoms with Crippen LogP contribution in [0.25, 0.3) is 21.7 Å². The number of aryl methyl sites for hydroxylation is 1. The number of nitrogens with zero attached hydrogens (tertiary/aromatic N) is 2. The fourth-order valence-corrected chi connectivity index (χ4v) is 7.83. The molecule has 3 aromatic rings. The van der Waals surface area contributed by atoms with Crippen molar-refractivity contribution in [3.8, 4) is 5.75 Å². The third-order valence-electron chi connectivity index (χ3n) is 9.33. The average molecular weight is 471 g/mol. The Bertz CT molecular complexity index is 1410. The Kier molecular flexibility index (Phi) is 5.07. The first-order valence-electron chi connectivity index (χ1n) is 13.4. The van der Waals surface area contributed by atoms with E-state index in [-0.39, 0.29) is 11.4 Å². The molecule has 5 nitrogen and oxygen atoms in total. The van der Waals surface area contributed by atoms with Gasteiger partial charge in [0.25, 0.3) is 0 Å². The topological polar surface area (TPSA) is 56.9 Å². The molecule has 4 heterocycles. The third-order valence-corrected chi connectivity index (χ3v) is 9.33. The number of aromatic hydroxyl groups is 1. The Hall–Kier alpha value is -2.63. The van der Waals surface area contributed by atoms with Gasteiger partial charge < -0.3 is 9.52 Å². The molecule has 35 heavy (non-hydrogen) atoms. The van der Waals surface area contributed by atoms with Crippen molar-refractivity contribution in [3.63, 3.8) is 0 Å². The molecule has 4 aliphatic rings. The van der Waals surface area contributed by atoms with Crippen LogP contribution in [0.4, 0.5) is 0 Å². The zero-order chi connectivity index (χ0) is 23.7. The molecule has 3 saturated heterocycles. The maximum atomic E-state index is 12.6. The second-order valence-electron chi connectivity index (χ2n) is 11.3. The summed E-state index contributed by atoms with van der Waals surface area (Å²) in [5, 5.41) is 13.6. The number of rotatable bonds is 2. The lowest BCUT2D eigenvalue weighted by Gasteiger charge is -2.54. The van der Waals surface area contributed by atoms with Crippen LogP contribution in [0.5, 0.6) is 5.75 Å². The average Bonchev–Trinajstić information content (AvgIpc) is 2.88. The molecule has 2 bridgehead atoms. The SMILES string of the molecule is Cc1c(O)c(CN2CCCC3=C[C@H]4C[C@H](CN5CCCC[C@H]45)[C@@H]32)cc2c1oc(=O)c1ccccc12. The molecule has 182 valence electrons. The molecular formula is C30H34N2O3. The lowest BCUT2D eigenvalue weighted by molar-refractivity contribution is -0.00277. The van der Waals surface area contributed by atoms with E-state index in [2.05, 4.69) is 21.9 Å². The van der Waals surface area contributed by atoms with Gasteiger partial charge >= 0.3 is 5.63 Å². The number of phenolic OH excluding ortho intramolecular Hbond substituents is 1. The van der Waals surface area contributed by atoms with E-state index in [4.69, 9.17) is 4.42 Å². The number of phenols is 1. The van der Waals surface area contributed by atoms with E-state index in [0.29, 0.717) is 28.5 Å². The van der Waals surface area contributed by atoms with Crippen molar-refractivity contribution < 1.29 is 9.52 Å². The highest BCUT2D eigenvalue weighted by atomic mass is 16.4. The van der Waals surface area contributed by atoms with Crippen molar-refractivity contribution in [2.45, 2.75) is 64.1 Å². The summed E-state index contributed by atoms with van der Waals surface area (Å²) in [6, 6.07) is 10.9. The Morgan fingerprint density at radius 2 is 1.94 bits per heavy atom. The minimum atomic E-state index is -0.348. The Balaban J connectivity index is 1.28. The second kappa shape index (κ2) is 8.21. The summed E-state index contributed by atoms with van der Waals surface area (Å²) in [5.41, 5.74) is 3.39. The van der Waals surface area contributed by atoms with Gasteiger partial charge in [-0.25, -0.2) is 4.79 Å². The van der Waals surface area contributed by atoms with E-state index in [0.717, 1.165) is 41.4 Å². The van der Waals surface area contributed by atoms with Crippen LogP contribution in [0.15, 0.2) is 51.2 Å². The number of piperidine rings is 3. The summed E-state index contributed by atoms with van der Waals surface area (Å²) in [7, 11) is 0. The van der Waals surface area contributed by atoms with Crippen molar-refractivity contribution >= 4 is 21.7 Å². The molecule has 3 fully saturated rings. The van der Waals surface area contributed by atoms with Crippen molar-refractivity contribution in [1.29, 1.82) is 0 Å². The van der Waals surface area contributed by atoms with Gasteiger partial charge in [-0.2, -0.15) is 0 Å². The van der Waals surface area contributed by atoms with E-state index in [1.807, 2.05) is 31.2 Å². The van der Waals surface area contributed by atoms with Crippen molar-refractivity contribution in [1.82, 2.24) is 9.80 Å². The molecule has 1 aromatic heterocycles. The number of benzene rings is 2. The van der Waals surface area contributed by atoms with Crippen molar-refractivity contribution in [3.05, 3.63) is 63.5 Å². The van der Waals surface area contributed by atoms with Crippen LogP contribution in [0, 0.1) is 18.8 Å². The number of hydrogen-bond acceptors (Lipinski definition) is 5. The summed E-state index contributed by atoms with van der Waals surface area (Å²) < 4.78 is 5.68. The first-order chi connectivity index (χ1) is 17.1. The maximum absolute atomic E-state index is 12.6. The molecule has 0 saturated carbocycles. The molecule has 7 rings (SSSR count). The molecular weight excluding hydrogens is 436 g/mol. The van der Waals surface area contributed by atoms with Crippen LogP contribution in [0.2, 0.25) is 0 Å². The van der Waals surface area contributed by atoms with Crippen LogP contribution in [0.1, 0.15) is 49.7 Å². The highest BCUT2D eigenvalue weighted by Crippen LogP contribution is 2.46. The van der Waals surface area contributed by atoms with E-state index < -0.39 is 0 Å². The van der Waals surface area contributed by atoms with Gasteiger partial charge in [-0.3, -0.25) is 9.80 Å². The van der Waals surface area contributed by atoms with Gasteiger partial charge in [0.1, 0.15) is 11.3 Å². The number of fused-ring (bicyclic) bond motifs is 9. The normalized spacial score (nSPS) is 29.1. The molecule has 3 aliphatic heterocycles. The summed E-state index contributed by atoms with van der Waals surface area (Å²) >= 11 is 0. The predicted octanol–water partition coefficient (Wildman–Crippen LogP) is 5.36. The first-order valence-corrected chi connectivity index (χ1v) is 13.4. The quantitative estimate of drug-likeness (QED) is 0.311. The lowest BCUT2D eigenvalue weighted by Crippen LogP contribution is -2.58. The van der Waals surface area contributed by atoms with Crippen LogP contribution in [-0.4, -0.2) is 46.6 Å². The van der Waals surface area contributed by atoms with Gasteiger partial charge in [0.05, 0.1) is 5.39 Å². The smallest absolute Gasteiger partial charge is 0.344 e. The molecule has 5 heteroatoms. The molecule has 0 spiro atoms. The first kappa shape index (κ1) is 21.6. The molecule has 0 unspecified atom stereocenters. The van der Waals surface area contributed by atoms with Gasteiger partial charge in [-0.05, 0) is 81.5 Å². The molecule has 0 radical (unpaired) electrons.